The lowest BCUT2D eigenvalue weighted by molar-refractivity contribution is 0.410. The van der Waals surface area contributed by atoms with Crippen molar-refractivity contribution in [3.63, 3.8) is 0 Å². The quantitative estimate of drug-likeness (QED) is 0.908. The van der Waals surface area contributed by atoms with Gasteiger partial charge in [-0.25, -0.2) is 5.10 Å². The van der Waals surface area contributed by atoms with E-state index < -0.39 is 0 Å². The first-order valence-electron chi connectivity index (χ1n) is 5.86. The fourth-order valence-corrected chi connectivity index (χ4v) is 1.91. The van der Waals surface area contributed by atoms with Gasteiger partial charge in [-0.15, -0.1) is 0 Å². The van der Waals surface area contributed by atoms with E-state index in [4.69, 9.17) is 10.00 Å². The largest absolute Gasteiger partial charge is 0.496 e. The maximum atomic E-state index is 11.2. The number of aryl methyl sites for hydroxylation is 1. The van der Waals surface area contributed by atoms with Gasteiger partial charge in [-0.1, -0.05) is 6.92 Å². The average Bonchev–Trinajstić information content (AvgIpc) is 2.46. The highest BCUT2D eigenvalue weighted by Crippen LogP contribution is 2.26. The summed E-state index contributed by atoms with van der Waals surface area (Å²) in [7, 11) is 1.62. The minimum absolute atomic E-state index is 0.260. The average molecular weight is 255 g/mol. The molecule has 0 saturated carbocycles. The van der Waals surface area contributed by atoms with Gasteiger partial charge in [0.1, 0.15) is 17.5 Å². The van der Waals surface area contributed by atoms with E-state index in [1.165, 1.54) is 6.07 Å². The molecule has 0 spiro atoms. The number of nitrogens with zero attached hydrogens (tertiary/aromatic N) is 2. The van der Waals surface area contributed by atoms with Crippen LogP contribution in [0.2, 0.25) is 0 Å². The number of H-pyrrole nitrogens is 1. The van der Waals surface area contributed by atoms with Crippen LogP contribution >= 0.6 is 0 Å². The number of ether oxygens (including phenoxy) is 1. The first-order valence-corrected chi connectivity index (χ1v) is 5.86. The van der Waals surface area contributed by atoms with Crippen LogP contribution in [0.1, 0.15) is 18.1 Å². The van der Waals surface area contributed by atoms with Gasteiger partial charge in [0.15, 0.2) is 0 Å². The zero-order chi connectivity index (χ0) is 13.8. The molecule has 0 aliphatic rings. The molecule has 0 fully saturated rings. The van der Waals surface area contributed by atoms with Crippen LogP contribution in [0.3, 0.4) is 0 Å². The van der Waals surface area contributed by atoms with Crippen molar-refractivity contribution in [3.8, 4) is 23.1 Å². The van der Waals surface area contributed by atoms with Crippen LogP contribution in [0.25, 0.3) is 11.3 Å². The van der Waals surface area contributed by atoms with Crippen molar-refractivity contribution in [1.29, 1.82) is 5.26 Å². The fourth-order valence-electron chi connectivity index (χ4n) is 1.91. The van der Waals surface area contributed by atoms with Crippen LogP contribution in [0.4, 0.5) is 0 Å². The van der Waals surface area contributed by atoms with Gasteiger partial charge in [0, 0.05) is 11.6 Å². The predicted octanol–water partition coefficient (Wildman–Crippen LogP) is 1.88. The van der Waals surface area contributed by atoms with Gasteiger partial charge < -0.3 is 4.74 Å². The summed E-state index contributed by atoms with van der Waals surface area (Å²) in [6, 6.07) is 8.81. The van der Waals surface area contributed by atoms with E-state index in [2.05, 4.69) is 10.2 Å². The Morgan fingerprint density at radius 1 is 1.42 bits per heavy atom. The van der Waals surface area contributed by atoms with Crippen molar-refractivity contribution in [1.82, 2.24) is 10.2 Å². The van der Waals surface area contributed by atoms with Crippen molar-refractivity contribution in [3.05, 3.63) is 45.7 Å². The zero-order valence-corrected chi connectivity index (χ0v) is 10.7. The molecule has 96 valence electrons. The second-order valence-electron chi connectivity index (χ2n) is 3.99. The summed E-state index contributed by atoms with van der Waals surface area (Å²) in [5.74, 6) is 0.800. The first kappa shape index (κ1) is 12.8. The van der Waals surface area contributed by atoms with Crippen molar-refractivity contribution in [2.45, 2.75) is 13.3 Å². The van der Waals surface area contributed by atoms with Gasteiger partial charge in [0.05, 0.1) is 12.7 Å². The SMILES string of the molecule is CCc1cc(-c2n[nH]c(=O)cc2C#N)ccc1OC. The summed E-state index contributed by atoms with van der Waals surface area (Å²) in [5.41, 5.74) is 2.15. The lowest BCUT2D eigenvalue weighted by Crippen LogP contribution is -2.09. The normalized spacial score (nSPS) is 9.95. The lowest BCUT2D eigenvalue weighted by atomic mass is 10.0. The molecule has 0 atom stereocenters. The zero-order valence-electron chi connectivity index (χ0n) is 10.7. The molecule has 0 aliphatic carbocycles. The van der Waals surface area contributed by atoms with Crippen molar-refractivity contribution in [2.24, 2.45) is 0 Å². The summed E-state index contributed by atoms with van der Waals surface area (Å²) in [6.45, 7) is 2.02. The van der Waals surface area contributed by atoms with Gasteiger partial charge in [0.2, 0.25) is 0 Å². The van der Waals surface area contributed by atoms with E-state index in [1.54, 1.807) is 7.11 Å². The van der Waals surface area contributed by atoms with Crippen LogP contribution in [-0.2, 0) is 6.42 Å². The highest BCUT2D eigenvalue weighted by Gasteiger charge is 2.10. The van der Waals surface area contributed by atoms with E-state index in [0.717, 1.165) is 23.3 Å². The molecule has 19 heavy (non-hydrogen) atoms. The molecular weight excluding hydrogens is 242 g/mol. The van der Waals surface area contributed by atoms with Gasteiger partial charge in [-0.2, -0.15) is 10.4 Å². The molecule has 0 radical (unpaired) electrons. The van der Waals surface area contributed by atoms with Crippen LogP contribution in [0.5, 0.6) is 5.75 Å². The molecular formula is C14H13N3O2. The van der Waals surface area contributed by atoms with Crippen LogP contribution < -0.4 is 10.3 Å². The number of nitrogens with one attached hydrogen (secondary N) is 1. The Bertz CT molecular complexity index is 699. The molecule has 5 nitrogen and oxygen atoms in total. The number of hydrogen-bond acceptors (Lipinski definition) is 4. The smallest absolute Gasteiger partial charge is 0.265 e. The molecule has 2 aromatic rings. The second kappa shape index (κ2) is 5.36. The van der Waals surface area contributed by atoms with E-state index in [1.807, 2.05) is 31.2 Å². The standard InChI is InChI=1S/C14H13N3O2/c1-3-9-6-10(4-5-12(9)19-2)14-11(8-15)7-13(18)16-17-14/h4-7H,3H2,1-2H3,(H,16,18). The van der Waals surface area contributed by atoms with E-state index in [-0.39, 0.29) is 11.1 Å². The summed E-state index contributed by atoms with van der Waals surface area (Å²) < 4.78 is 5.26. The Morgan fingerprint density at radius 2 is 2.21 bits per heavy atom. The maximum Gasteiger partial charge on any atom is 0.265 e. The lowest BCUT2D eigenvalue weighted by Gasteiger charge is -2.09. The number of nitriles is 1. The minimum atomic E-state index is -0.385. The molecule has 1 aromatic heterocycles. The maximum absolute atomic E-state index is 11.2. The number of rotatable bonds is 3. The number of hydrogen-bond donors (Lipinski definition) is 1. The van der Waals surface area contributed by atoms with Crippen LogP contribution in [0, 0.1) is 11.3 Å². The third-order valence-corrected chi connectivity index (χ3v) is 2.86. The van der Waals surface area contributed by atoms with Gasteiger partial charge in [-0.3, -0.25) is 4.79 Å². The summed E-state index contributed by atoms with van der Waals surface area (Å²) in [4.78, 5) is 11.2. The topological polar surface area (TPSA) is 78.8 Å². The molecule has 5 heteroatoms. The number of methoxy groups -OCH3 is 1. The van der Waals surface area contributed by atoms with Gasteiger partial charge >= 0.3 is 0 Å². The molecule has 0 saturated heterocycles. The Labute approximate surface area is 110 Å². The van der Waals surface area contributed by atoms with Gasteiger partial charge in [-0.05, 0) is 30.2 Å². The highest BCUT2D eigenvalue weighted by atomic mass is 16.5. The predicted molar refractivity (Wildman–Crippen MR) is 70.9 cm³/mol. The molecule has 0 unspecified atom stereocenters. The summed E-state index contributed by atoms with van der Waals surface area (Å²) in [6.07, 6.45) is 0.808. The van der Waals surface area contributed by atoms with Crippen LogP contribution in [0.15, 0.2) is 29.1 Å². The number of benzene rings is 1. The highest BCUT2D eigenvalue weighted by molar-refractivity contribution is 5.67. The van der Waals surface area contributed by atoms with E-state index in [0.29, 0.717) is 5.69 Å². The minimum Gasteiger partial charge on any atom is -0.496 e. The van der Waals surface area contributed by atoms with Crippen LogP contribution in [-0.4, -0.2) is 17.3 Å². The molecule has 1 aromatic carbocycles. The Hall–Kier alpha value is -2.61. The van der Waals surface area contributed by atoms with Crippen molar-refractivity contribution in [2.75, 3.05) is 7.11 Å². The number of aromatic nitrogens is 2. The van der Waals surface area contributed by atoms with E-state index in [9.17, 15) is 4.79 Å². The molecule has 1 N–H and O–H groups in total. The molecule has 0 amide bonds. The Kier molecular flexibility index (Phi) is 3.62. The molecule has 0 aliphatic heterocycles. The molecule has 0 bridgehead atoms. The van der Waals surface area contributed by atoms with E-state index >= 15 is 0 Å². The Morgan fingerprint density at radius 3 is 2.84 bits per heavy atom. The summed E-state index contributed by atoms with van der Waals surface area (Å²) >= 11 is 0. The monoisotopic (exact) mass is 255 g/mol. The second-order valence-corrected chi connectivity index (χ2v) is 3.99. The first-order chi connectivity index (χ1) is 9.19. The van der Waals surface area contributed by atoms with Crippen molar-refractivity contribution >= 4 is 0 Å². The number of aromatic amines is 1. The molecule has 2 rings (SSSR count). The fraction of sp³-hybridized carbons (Fsp3) is 0.214. The summed E-state index contributed by atoms with van der Waals surface area (Å²) in [5, 5.41) is 15.4. The Balaban J connectivity index is 2.60. The van der Waals surface area contributed by atoms with Gasteiger partial charge in [0.25, 0.3) is 5.56 Å². The molecule has 1 heterocycles. The third-order valence-electron chi connectivity index (χ3n) is 2.86. The third kappa shape index (κ3) is 2.47. The van der Waals surface area contributed by atoms with Crippen molar-refractivity contribution < 1.29 is 4.74 Å².